The molecule has 0 unspecified atom stereocenters. The number of halogens is 1. The number of carbonyl (C=O) groups is 2. The van der Waals surface area contributed by atoms with E-state index in [0.717, 1.165) is 0 Å². The number of anilines is 2. The van der Waals surface area contributed by atoms with Crippen LogP contribution in [0.2, 0.25) is 0 Å². The van der Waals surface area contributed by atoms with E-state index in [-0.39, 0.29) is 24.1 Å². The first-order valence-electron chi connectivity index (χ1n) is 7.57. The van der Waals surface area contributed by atoms with Crippen molar-refractivity contribution in [1.82, 2.24) is 0 Å². The fourth-order valence-corrected chi connectivity index (χ4v) is 2.69. The quantitative estimate of drug-likeness (QED) is 0.939. The molecule has 1 fully saturated rings. The molecule has 1 atom stereocenters. The zero-order valence-electron chi connectivity index (χ0n) is 13.2. The van der Waals surface area contributed by atoms with Gasteiger partial charge in [0, 0.05) is 30.4 Å². The molecule has 0 saturated carbocycles. The van der Waals surface area contributed by atoms with Crippen molar-refractivity contribution in [3.8, 4) is 5.75 Å². The molecule has 2 aromatic carbocycles. The van der Waals surface area contributed by atoms with E-state index in [1.807, 2.05) is 0 Å². The number of benzene rings is 2. The Morgan fingerprint density at radius 1 is 1.25 bits per heavy atom. The average molecular weight is 328 g/mol. The van der Waals surface area contributed by atoms with Gasteiger partial charge in [-0.05, 0) is 36.4 Å². The van der Waals surface area contributed by atoms with E-state index >= 15 is 0 Å². The van der Waals surface area contributed by atoms with Crippen LogP contribution in [0.4, 0.5) is 15.8 Å². The highest BCUT2D eigenvalue weighted by Gasteiger charge is 2.35. The Labute approximate surface area is 139 Å². The molecule has 0 bridgehead atoms. The number of ether oxygens (including phenoxy) is 1. The van der Waals surface area contributed by atoms with E-state index in [1.165, 1.54) is 24.3 Å². The van der Waals surface area contributed by atoms with Crippen LogP contribution >= 0.6 is 0 Å². The third-order valence-electron chi connectivity index (χ3n) is 3.97. The van der Waals surface area contributed by atoms with Gasteiger partial charge in [0.15, 0.2) is 0 Å². The monoisotopic (exact) mass is 328 g/mol. The van der Waals surface area contributed by atoms with Crippen molar-refractivity contribution >= 4 is 23.2 Å². The summed E-state index contributed by atoms with van der Waals surface area (Å²) in [5.41, 5.74) is 1.21. The molecule has 1 aliphatic rings. The minimum Gasteiger partial charge on any atom is -0.497 e. The van der Waals surface area contributed by atoms with Gasteiger partial charge in [0.25, 0.3) is 0 Å². The van der Waals surface area contributed by atoms with E-state index in [1.54, 1.807) is 36.3 Å². The van der Waals surface area contributed by atoms with Crippen LogP contribution < -0.4 is 15.0 Å². The normalized spacial score (nSPS) is 17.0. The molecule has 6 heteroatoms. The zero-order chi connectivity index (χ0) is 17.1. The Morgan fingerprint density at radius 2 is 2.00 bits per heavy atom. The van der Waals surface area contributed by atoms with E-state index in [4.69, 9.17) is 4.74 Å². The molecule has 0 radical (unpaired) electrons. The lowest BCUT2D eigenvalue weighted by molar-refractivity contribution is -0.122. The van der Waals surface area contributed by atoms with E-state index < -0.39 is 5.92 Å². The number of rotatable bonds is 4. The van der Waals surface area contributed by atoms with Gasteiger partial charge in [-0.3, -0.25) is 9.59 Å². The Kier molecular flexibility index (Phi) is 4.46. The summed E-state index contributed by atoms with van der Waals surface area (Å²) in [7, 11) is 1.56. The topological polar surface area (TPSA) is 58.6 Å². The number of amides is 2. The lowest BCUT2D eigenvalue weighted by atomic mass is 10.1. The molecule has 3 rings (SSSR count). The van der Waals surface area contributed by atoms with Crippen molar-refractivity contribution in [3.63, 3.8) is 0 Å². The highest BCUT2D eigenvalue weighted by Crippen LogP contribution is 2.28. The molecule has 1 saturated heterocycles. The predicted octanol–water partition coefficient (Wildman–Crippen LogP) is 2.83. The van der Waals surface area contributed by atoms with E-state index in [9.17, 15) is 14.0 Å². The third-order valence-corrected chi connectivity index (χ3v) is 3.97. The summed E-state index contributed by atoms with van der Waals surface area (Å²) in [6, 6.07) is 12.7. The second-order valence-corrected chi connectivity index (χ2v) is 5.60. The summed E-state index contributed by atoms with van der Waals surface area (Å²) in [6.45, 7) is 0.305. The second-order valence-electron chi connectivity index (χ2n) is 5.60. The molecular weight excluding hydrogens is 311 g/mol. The summed E-state index contributed by atoms with van der Waals surface area (Å²) in [5.74, 6) is -0.524. The van der Waals surface area contributed by atoms with Crippen molar-refractivity contribution in [3.05, 3.63) is 54.3 Å². The third kappa shape index (κ3) is 3.37. The van der Waals surface area contributed by atoms with Gasteiger partial charge in [-0.2, -0.15) is 0 Å². The van der Waals surface area contributed by atoms with Gasteiger partial charge in [-0.1, -0.05) is 6.07 Å². The number of hydrogen-bond donors (Lipinski definition) is 1. The largest absolute Gasteiger partial charge is 0.497 e. The van der Waals surface area contributed by atoms with Crippen molar-refractivity contribution in [2.45, 2.75) is 6.42 Å². The molecule has 5 nitrogen and oxygen atoms in total. The molecule has 1 aliphatic heterocycles. The number of carbonyl (C=O) groups excluding carboxylic acids is 2. The van der Waals surface area contributed by atoms with Crippen molar-refractivity contribution < 1.29 is 18.7 Å². The minimum absolute atomic E-state index is 0.109. The number of nitrogens with one attached hydrogen (secondary N) is 1. The lowest BCUT2D eigenvalue weighted by Gasteiger charge is -2.17. The highest BCUT2D eigenvalue weighted by molar-refractivity contribution is 6.03. The van der Waals surface area contributed by atoms with Gasteiger partial charge < -0.3 is 15.0 Å². The molecule has 2 aromatic rings. The van der Waals surface area contributed by atoms with Gasteiger partial charge >= 0.3 is 0 Å². The standard InChI is InChI=1S/C18H17FN2O3/c1-24-16-4-2-3-15(10-16)21-11-12(9-17(21)22)18(23)20-14-7-5-13(19)6-8-14/h2-8,10,12H,9,11H2,1H3,(H,20,23)/t12-/m1/s1. The van der Waals surface area contributed by atoms with Crippen molar-refractivity contribution in [2.75, 3.05) is 23.9 Å². The molecule has 1 N–H and O–H groups in total. The molecule has 0 aromatic heterocycles. The first kappa shape index (κ1) is 16.0. The smallest absolute Gasteiger partial charge is 0.229 e. The first-order valence-corrected chi connectivity index (χ1v) is 7.57. The Hall–Kier alpha value is -2.89. The summed E-state index contributed by atoms with van der Waals surface area (Å²) < 4.78 is 18.1. The van der Waals surface area contributed by atoms with Gasteiger partial charge in [-0.25, -0.2) is 4.39 Å². The number of nitrogens with zero attached hydrogens (tertiary/aromatic N) is 1. The maximum atomic E-state index is 12.9. The van der Waals surface area contributed by atoms with Crippen LogP contribution in [0.1, 0.15) is 6.42 Å². The Balaban J connectivity index is 1.69. The van der Waals surface area contributed by atoms with Crippen molar-refractivity contribution in [2.24, 2.45) is 5.92 Å². The molecule has 0 spiro atoms. The Bertz CT molecular complexity index is 761. The van der Waals surface area contributed by atoms with Crippen LogP contribution in [-0.2, 0) is 9.59 Å². The SMILES string of the molecule is COc1cccc(N2C[C@H](C(=O)Nc3ccc(F)cc3)CC2=O)c1. The van der Waals surface area contributed by atoms with Crippen LogP contribution in [0.25, 0.3) is 0 Å². The molecule has 0 aliphatic carbocycles. The van der Waals surface area contributed by atoms with Gasteiger partial charge in [-0.15, -0.1) is 0 Å². The summed E-state index contributed by atoms with van der Waals surface area (Å²) in [6.07, 6.45) is 0.143. The summed E-state index contributed by atoms with van der Waals surface area (Å²) >= 11 is 0. The summed E-state index contributed by atoms with van der Waals surface area (Å²) in [5, 5.41) is 2.72. The van der Waals surface area contributed by atoms with E-state index in [0.29, 0.717) is 23.7 Å². The van der Waals surface area contributed by atoms with Crippen LogP contribution in [-0.4, -0.2) is 25.5 Å². The number of hydrogen-bond acceptors (Lipinski definition) is 3. The second kappa shape index (κ2) is 6.70. The van der Waals surface area contributed by atoms with Gasteiger partial charge in [0.1, 0.15) is 11.6 Å². The maximum absolute atomic E-state index is 12.9. The van der Waals surface area contributed by atoms with Gasteiger partial charge in [0.2, 0.25) is 11.8 Å². The Morgan fingerprint density at radius 3 is 2.71 bits per heavy atom. The van der Waals surface area contributed by atoms with Crippen molar-refractivity contribution in [1.29, 1.82) is 0 Å². The minimum atomic E-state index is -0.450. The average Bonchev–Trinajstić information content (AvgIpc) is 2.99. The lowest BCUT2D eigenvalue weighted by Crippen LogP contribution is -2.28. The molecule has 2 amide bonds. The highest BCUT2D eigenvalue weighted by atomic mass is 19.1. The molecular formula is C18H17FN2O3. The predicted molar refractivity (Wildman–Crippen MR) is 88.5 cm³/mol. The number of methoxy groups -OCH3 is 1. The van der Waals surface area contributed by atoms with E-state index in [2.05, 4.69) is 5.32 Å². The van der Waals surface area contributed by atoms with Crippen LogP contribution in [0.15, 0.2) is 48.5 Å². The van der Waals surface area contributed by atoms with Crippen LogP contribution in [0.5, 0.6) is 5.75 Å². The van der Waals surface area contributed by atoms with Gasteiger partial charge in [0.05, 0.1) is 13.0 Å². The molecule has 1 heterocycles. The maximum Gasteiger partial charge on any atom is 0.229 e. The fraction of sp³-hybridized carbons (Fsp3) is 0.222. The fourth-order valence-electron chi connectivity index (χ4n) is 2.69. The first-order chi connectivity index (χ1) is 11.6. The molecule has 24 heavy (non-hydrogen) atoms. The summed E-state index contributed by atoms with van der Waals surface area (Å²) in [4.78, 5) is 26.2. The van der Waals surface area contributed by atoms with Crippen LogP contribution in [0.3, 0.4) is 0 Å². The molecule has 124 valence electrons. The zero-order valence-corrected chi connectivity index (χ0v) is 13.2. The van der Waals surface area contributed by atoms with Crippen LogP contribution in [0, 0.1) is 11.7 Å².